The highest BCUT2D eigenvalue weighted by Crippen LogP contribution is 2.65. The Morgan fingerprint density at radius 2 is 1.85 bits per heavy atom. The molecule has 0 aromatic heterocycles. The van der Waals surface area contributed by atoms with Crippen molar-refractivity contribution >= 4 is 6.29 Å². The molecule has 0 spiro atoms. The molecule has 13 heavy (non-hydrogen) atoms. The van der Waals surface area contributed by atoms with Crippen molar-refractivity contribution in [3.8, 4) is 0 Å². The molecule has 1 aliphatic carbocycles. The molecule has 0 radical (unpaired) electrons. The predicted molar refractivity (Wildman–Crippen MR) is 42.8 cm³/mol. The largest absolute Gasteiger partial charge is 0.394 e. The van der Waals surface area contributed by atoms with Gasteiger partial charge in [0.15, 0.2) is 11.9 Å². The molecule has 0 unspecified atom stereocenters. The fourth-order valence-corrected chi connectivity index (χ4v) is 1.94. The van der Waals surface area contributed by atoms with E-state index in [1.807, 2.05) is 0 Å². The molecular formula is C8H14O5. The summed E-state index contributed by atoms with van der Waals surface area (Å²) in [6, 6.07) is 0. The highest BCUT2D eigenvalue weighted by molar-refractivity contribution is 5.75. The Bertz CT molecular complexity index is 239. The molecule has 0 saturated heterocycles. The Morgan fingerprint density at radius 1 is 1.38 bits per heavy atom. The molecule has 4 N–H and O–H groups in total. The molecule has 3 atom stereocenters. The zero-order chi connectivity index (χ0) is 10.5. The van der Waals surface area contributed by atoms with Gasteiger partial charge in [-0.3, -0.25) is 4.79 Å². The summed E-state index contributed by atoms with van der Waals surface area (Å²) >= 11 is 0. The molecule has 5 heteroatoms. The van der Waals surface area contributed by atoms with Crippen molar-refractivity contribution in [3.05, 3.63) is 0 Å². The van der Waals surface area contributed by atoms with E-state index in [0.717, 1.165) is 0 Å². The van der Waals surface area contributed by atoms with E-state index >= 15 is 0 Å². The van der Waals surface area contributed by atoms with Gasteiger partial charge < -0.3 is 20.4 Å². The first kappa shape index (κ1) is 10.6. The maximum atomic E-state index is 10.5. The Balaban J connectivity index is 3.03. The summed E-state index contributed by atoms with van der Waals surface area (Å²) in [7, 11) is 0. The van der Waals surface area contributed by atoms with Crippen molar-refractivity contribution < 1.29 is 25.2 Å². The Kier molecular flexibility index (Phi) is 2.04. The van der Waals surface area contributed by atoms with E-state index in [0.29, 0.717) is 0 Å². The third-order valence-electron chi connectivity index (χ3n) is 3.25. The Hall–Kier alpha value is -0.490. The average Bonchev–Trinajstić information content (AvgIpc) is 2.46. The van der Waals surface area contributed by atoms with E-state index in [1.165, 1.54) is 13.8 Å². The first-order valence-electron chi connectivity index (χ1n) is 3.99. The Morgan fingerprint density at radius 3 is 2.08 bits per heavy atom. The molecule has 76 valence electrons. The summed E-state index contributed by atoms with van der Waals surface area (Å²) in [6.07, 6.45) is -1.32. The van der Waals surface area contributed by atoms with E-state index in [-0.39, 0.29) is 6.29 Å². The highest BCUT2D eigenvalue weighted by Gasteiger charge is 2.85. The lowest BCUT2D eigenvalue weighted by Crippen LogP contribution is -2.41. The van der Waals surface area contributed by atoms with Crippen LogP contribution >= 0.6 is 0 Å². The van der Waals surface area contributed by atoms with Gasteiger partial charge in [0.05, 0.1) is 6.61 Å². The van der Waals surface area contributed by atoms with Crippen molar-refractivity contribution in [2.24, 2.45) is 5.41 Å². The van der Waals surface area contributed by atoms with Gasteiger partial charge in [-0.1, -0.05) is 13.8 Å². The molecule has 0 aliphatic heterocycles. The van der Waals surface area contributed by atoms with Crippen LogP contribution in [0, 0.1) is 5.41 Å². The monoisotopic (exact) mass is 190 g/mol. The van der Waals surface area contributed by atoms with Crippen molar-refractivity contribution in [1.82, 2.24) is 0 Å². The number of carbonyl (C=O) groups is 1. The molecule has 1 rings (SSSR count). The van der Waals surface area contributed by atoms with Gasteiger partial charge in [0.2, 0.25) is 0 Å². The van der Waals surface area contributed by atoms with Gasteiger partial charge in [0, 0.05) is 5.41 Å². The second-order valence-electron chi connectivity index (χ2n) is 3.97. The summed E-state index contributed by atoms with van der Waals surface area (Å²) in [6.45, 7) is 2.19. The maximum Gasteiger partial charge on any atom is 0.159 e. The molecule has 5 nitrogen and oxygen atoms in total. The third-order valence-corrected chi connectivity index (χ3v) is 3.25. The lowest BCUT2D eigenvalue weighted by molar-refractivity contribution is -0.127. The van der Waals surface area contributed by atoms with Crippen molar-refractivity contribution in [2.45, 2.75) is 31.2 Å². The fourth-order valence-electron chi connectivity index (χ4n) is 1.94. The fraction of sp³-hybridized carbons (Fsp3) is 0.875. The Labute approximate surface area is 75.6 Å². The van der Waals surface area contributed by atoms with Crippen LogP contribution in [0.4, 0.5) is 0 Å². The van der Waals surface area contributed by atoms with Crippen LogP contribution in [0.15, 0.2) is 0 Å². The van der Waals surface area contributed by atoms with Crippen LogP contribution in [0.25, 0.3) is 0 Å². The lowest BCUT2D eigenvalue weighted by Gasteiger charge is -2.18. The molecule has 0 bridgehead atoms. The van der Waals surface area contributed by atoms with Crippen molar-refractivity contribution in [2.75, 3.05) is 6.61 Å². The van der Waals surface area contributed by atoms with Crippen LogP contribution in [0.5, 0.6) is 0 Å². The zero-order valence-electron chi connectivity index (χ0n) is 7.56. The number of hydrogen-bond acceptors (Lipinski definition) is 5. The number of hydrogen-bond donors (Lipinski definition) is 4. The van der Waals surface area contributed by atoms with Crippen molar-refractivity contribution in [3.63, 3.8) is 0 Å². The van der Waals surface area contributed by atoms with Gasteiger partial charge in [-0.25, -0.2) is 0 Å². The molecule has 0 aromatic carbocycles. The van der Waals surface area contributed by atoms with Gasteiger partial charge in [-0.15, -0.1) is 0 Å². The number of aliphatic hydroxyl groups excluding tert-OH is 2. The molecule has 0 aromatic rings. The SMILES string of the molecule is CC1(C)[C@](O)(C=O)[C@]1(O)[C@H](O)CO. The zero-order valence-corrected chi connectivity index (χ0v) is 7.56. The third kappa shape index (κ3) is 0.826. The normalized spacial score (nSPS) is 44.2. The summed E-state index contributed by atoms with van der Waals surface area (Å²) < 4.78 is 0. The molecule has 1 fully saturated rings. The summed E-state index contributed by atoms with van der Waals surface area (Å²) in [5, 5.41) is 37.2. The molecular weight excluding hydrogens is 176 g/mol. The summed E-state index contributed by atoms with van der Waals surface area (Å²) in [4.78, 5) is 10.5. The summed E-state index contributed by atoms with van der Waals surface area (Å²) in [5.74, 6) is 0. The molecule has 1 saturated carbocycles. The van der Waals surface area contributed by atoms with Gasteiger partial charge in [0.1, 0.15) is 11.7 Å². The molecule has 1 aliphatic rings. The average molecular weight is 190 g/mol. The van der Waals surface area contributed by atoms with Crippen LogP contribution in [-0.2, 0) is 4.79 Å². The van der Waals surface area contributed by atoms with Gasteiger partial charge >= 0.3 is 0 Å². The van der Waals surface area contributed by atoms with Crippen LogP contribution in [0.3, 0.4) is 0 Å². The van der Waals surface area contributed by atoms with Crippen LogP contribution < -0.4 is 0 Å². The minimum absolute atomic E-state index is 0.200. The number of carbonyl (C=O) groups excluding carboxylic acids is 1. The van der Waals surface area contributed by atoms with E-state index in [1.54, 1.807) is 0 Å². The van der Waals surface area contributed by atoms with E-state index in [2.05, 4.69) is 0 Å². The second-order valence-corrected chi connectivity index (χ2v) is 3.97. The minimum atomic E-state index is -1.97. The number of rotatable bonds is 3. The topological polar surface area (TPSA) is 98.0 Å². The molecule has 0 amide bonds. The maximum absolute atomic E-state index is 10.5. The van der Waals surface area contributed by atoms with Gasteiger partial charge in [0.25, 0.3) is 0 Å². The standard InChI is InChI=1S/C8H14O5/c1-6(2)7(12,4-10)8(6,13)5(11)3-9/h4-5,9,11-13H,3H2,1-2H3/t5-,7-,8+/m1/s1. The van der Waals surface area contributed by atoms with Crippen molar-refractivity contribution in [1.29, 1.82) is 0 Å². The first-order valence-corrected chi connectivity index (χ1v) is 3.99. The van der Waals surface area contributed by atoms with Gasteiger partial charge in [-0.05, 0) is 0 Å². The lowest BCUT2D eigenvalue weighted by atomic mass is 10.0. The number of aldehydes is 1. The summed E-state index contributed by atoms with van der Waals surface area (Å²) in [5.41, 5.74) is -5.05. The minimum Gasteiger partial charge on any atom is -0.394 e. The predicted octanol–water partition coefficient (Wildman–Crippen LogP) is -1.96. The first-order chi connectivity index (χ1) is 5.79. The second kappa shape index (κ2) is 2.51. The highest BCUT2D eigenvalue weighted by atomic mass is 16.4. The quantitative estimate of drug-likeness (QED) is 0.387. The van der Waals surface area contributed by atoms with Crippen LogP contribution in [0.2, 0.25) is 0 Å². The molecule has 0 heterocycles. The van der Waals surface area contributed by atoms with Crippen LogP contribution in [-0.4, -0.2) is 50.6 Å². The van der Waals surface area contributed by atoms with E-state index in [9.17, 15) is 20.1 Å². The van der Waals surface area contributed by atoms with E-state index in [4.69, 9.17) is 5.11 Å². The number of aliphatic hydroxyl groups is 4. The smallest absolute Gasteiger partial charge is 0.159 e. The van der Waals surface area contributed by atoms with Crippen LogP contribution in [0.1, 0.15) is 13.8 Å². The van der Waals surface area contributed by atoms with Gasteiger partial charge in [-0.2, -0.15) is 0 Å². The van der Waals surface area contributed by atoms with E-state index < -0.39 is 29.3 Å².